The first-order valence-corrected chi connectivity index (χ1v) is 12.1. The third-order valence-electron chi connectivity index (χ3n) is 4.96. The van der Waals surface area contributed by atoms with Gasteiger partial charge in [-0.3, -0.25) is 9.52 Å². The minimum absolute atomic E-state index is 0.0259. The van der Waals surface area contributed by atoms with Gasteiger partial charge < -0.3 is 10.4 Å². The molecule has 0 amide bonds. The molecule has 0 unspecified atom stereocenters. The first kappa shape index (κ1) is 25.9. The lowest BCUT2D eigenvalue weighted by atomic mass is 10.0. The van der Waals surface area contributed by atoms with Crippen LogP contribution in [0.25, 0.3) is 11.3 Å². The molecule has 3 aromatic rings. The van der Waals surface area contributed by atoms with Crippen molar-refractivity contribution in [3.05, 3.63) is 65.7 Å². The van der Waals surface area contributed by atoms with Crippen molar-refractivity contribution in [1.29, 1.82) is 0 Å². The predicted octanol–water partition coefficient (Wildman–Crippen LogP) is 4.94. The van der Waals surface area contributed by atoms with Crippen molar-refractivity contribution in [2.24, 2.45) is 0 Å². The highest BCUT2D eigenvalue weighted by Crippen LogP contribution is 2.38. The monoisotopic (exact) mass is 508 g/mol. The van der Waals surface area contributed by atoms with E-state index in [4.69, 9.17) is 5.11 Å². The molecule has 8 nitrogen and oxygen atoms in total. The minimum Gasteiger partial charge on any atom is -0.481 e. The molecule has 0 saturated heterocycles. The molecular weight excluding hydrogens is 485 g/mol. The Morgan fingerprint density at radius 1 is 0.971 bits per heavy atom. The number of benzene rings is 1. The van der Waals surface area contributed by atoms with Crippen LogP contribution >= 0.6 is 0 Å². The van der Waals surface area contributed by atoms with Crippen LogP contribution in [0.2, 0.25) is 0 Å². The Hall–Kier alpha value is -3.67. The normalized spacial score (nSPS) is 11.8. The lowest BCUT2D eigenvalue weighted by molar-refractivity contribution is -0.138. The molecule has 186 valence electrons. The summed E-state index contributed by atoms with van der Waals surface area (Å²) in [6.45, 7) is 2.02. The van der Waals surface area contributed by atoms with Crippen molar-refractivity contribution >= 4 is 27.6 Å². The van der Waals surface area contributed by atoms with Gasteiger partial charge in [-0.1, -0.05) is 30.3 Å². The number of aryl methyl sites for hydroxylation is 1. The smallest absolute Gasteiger partial charge is 0.418 e. The van der Waals surface area contributed by atoms with Crippen molar-refractivity contribution in [3.63, 3.8) is 0 Å². The second kappa shape index (κ2) is 10.7. The standard InChI is InChI=1S/C23H23F3N4O4S/c1-15-7-2-3-8-16(15)22-17(23(24,25)26)12-13-19(29-22)30-35(33,34)20-10-6-9-18(28-20)27-14-5-4-11-21(31)32/h2-3,6-10,12-13H,4-5,11,14H2,1H3,(H,27,28)(H,29,30)(H,31,32). The summed E-state index contributed by atoms with van der Waals surface area (Å²) < 4.78 is 68.8. The van der Waals surface area contributed by atoms with Crippen LogP contribution in [0.15, 0.2) is 59.6 Å². The van der Waals surface area contributed by atoms with E-state index in [1.165, 1.54) is 18.2 Å². The van der Waals surface area contributed by atoms with E-state index in [1.54, 1.807) is 31.2 Å². The molecule has 0 radical (unpaired) electrons. The Bertz CT molecular complexity index is 1310. The van der Waals surface area contributed by atoms with Gasteiger partial charge in [0.15, 0.2) is 5.03 Å². The van der Waals surface area contributed by atoms with Gasteiger partial charge in [0.25, 0.3) is 10.0 Å². The Labute approximate surface area is 200 Å². The molecule has 0 atom stereocenters. The molecule has 12 heteroatoms. The fraction of sp³-hybridized carbons (Fsp3) is 0.261. The second-order valence-corrected chi connectivity index (χ2v) is 9.28. The molecule has 0 saturated carbocycles. The number of aromatic nitrogens is 2. The van der Waals surface area contributed by atoms with E-state index in [-0.39, 0.29) is 34.3 Å². The number of carbonyl (C=O) groups is 1. The molecule has 3 rings (SSSR count). The summed E-state index contributed by atoms with van der Waals surface area (Å²) in [6, 6.07) is 12.4. The van der Waals surface area contributed by atoms with E-state index >= 15 is 0 Å². The van der Waals surface area contributed by atoms with E-state index in [9.17, 15) is 26.4 Å². The van der Waals surface area contributed by atoms with Crippen LogP contribution in [-0.2, 0) is 21.0 Å². The van der Waals surface area contributed by atoms with Crippen LogP contribution in [0.4, 0.5) is 24.8 Å². The zero-order valence-corrected chi connectivity index (χ0v) is 19.4. The maximum atomic E-state index is 13.6. The molecule has 0 bridgehead atoms. The van der Waals surface area contributed by atoms with Gasteiger partial charge in [0.2, 0.25) is 0 Å². The molecule has 1 aromatic carbocycles. The predicted molar refractivity (Wildman–Crippen MR) is 124 cm³/mol. The van der Waals surface area contributed by atoms with Gasteiger partial charge in [0.05, 0.1) is 11.3 Å². The molecule has 2 aromatic heterocycles. The number of nitrogens with one attached hydrogen (secondary N) is 2. The minimum atomic E-state index is -4.69. The SMILES string of the molecule is Cc1ccccc1-c1nc(NS(=O)(=O)c2cccc(NCCCCC(=O)O)n2)ccc1C(F)(F)F. The van der Waals surface area contributed by atoms with Crippen LogP contribution in [0.3, 0.4) is 0 Å². The largest absolute Gasteiger partial charge is 0.481 e. The van der Waals surface area contributed by atoms with Crippen LogP contribution in [-0.4, -0.2) is 36.0 Å². The molecule has 0 fully saturated rings. The molecule has 0 aliphatic rings. The summed E-state index contributed by atoms with van der Waals surface area (Å²) in [5, 5.41) is 11.2. The zero-order chi connectivity index (χ0) is 25.6. The highest BCUT2D eigenvalue weighted by Gasteiger charge is 2.35. The Kier molecular flexibility index (Phi) is 7.95. The van der Waals surface area contributed by atoms with Gasteiger partial charge in [-0.05, 0) is 49.6 Å². The quantitative estimate of drug-likeness (QED) is 0.332. The van der Waals surface area contributed by atoms with Crippen LogP contribution in [0.5, 0.6) is 0 Å². The molecular formula is C23H23F3N4O4S. The molecule has 35 heavy (non-hydrogen) atoms. The van der Waals surface area contributed by atoms with Crippen molar-refractivity contribution in [2.75, 3.05) is 16.6 Å². The van der Waals surface area contributed by atoms with E-state index < -0.39 is 27.7 Å². The molecule has 2 heterocycles. The topological polar surface area (TPSA) is 121 Å². The van der Waals surface area contributed by atoms with Crippen LogP contribution in [0, 0.1) is 6.92 Å². The summed E-state index contributed by atoms with van der Waals surface area (Å²) >= 11 is 0. The van der Waals surface area contributed by atoms with E-state index in [0.717, 1.165) is 12.1 Å². The second-order valence-electron chi connectivity index (χ2n) is 7.65. The Balaban J connectivity index is 1.84. The summed E-state index contributed by atoms with van der Waals surface area (Å²) in [4.78, 5) is 18.6. The number of halogens is 3. The number of carboxylic acids is 1. The number of carboxylic acid groups (broad SMARTS) is 1. The summed E-state index contributed by atoms with van der Waals surface area (Å²) in [6.07, 6.45) is -3.67. The van der Waals surface area contributed by atoms with Crippen molar-refractivity contribution in [1.82, 2.24) is 9.97 Å². The van der Waals surface area contributed by atoms with E-state index in [0.29, 0.717) is 24.9 Å². The third kappa shape index (κ3) is 6.92. The number of hydrogen-bond acceptors (Lipinski definition) is 6. The summed E-state index contributed by atoms with van der Waals surface area (Å²) in [7, 11) is -4.26. The maximum absolute atomic E-state index is 13.6. The number of pyridine rings is 2. The van der Waals surface area contributed by atoms with Gasteiger partial charge >= 0.3 is 12.1 Å². The number of aliphatic carboxylic acids is 1. The molecule has 0 spiro atoms. The number of rotatable bonds is 10. The number of sulfonamides is 1. The van der Waals surface area contributed by atoms with Crippen molar-refractivity contribution in [3.8, 4) is 11.3 Å². The summed E-state index contributed by atoms with van der Waals surface area (Å²) in [5.74, 6) is -0.931. The average molecular weight is 509 g/mol. The maximum Gasteiger partial charge on any atom is 0.418 e. The van der Waals surface area contributed by atoms with Gasteiger partial charge in [-0.25, -0.2) is 9.97 Å². The zero-order valence-electron chi connectivity index (χ0n) is 18.6. The van der Waals surface area contributed by atoms with Gasteiger partial charge in [-0.15, -0.1) is 0 Å². The highest BCUT2D eigenvalue weighted by atomic mass is 32.2. The fourth-order valence-electron chi connectivity index (χ4n) is 3.26. The van der Waals surface area contributed by atoms with Crippen molar-refractivity contribution in [2.45, 2.75) is 37.4 Å². The average Bonchev–Trinajstić information content (AvgIpc) is 2.78. The molecule has 0 aliphatic heterocycles. The Morgan fingerprint density at radius 2 is 1.71 bits per heavy atom. The van der Waals surface area contributed by atoms with E-state index in [2.05, 4.69) is 20.0 Å². The van der Waals surface area contributed by atoms with Gasteiger partial charge in [-0.2, -0.15) is 21.6 Å². The fourth-order valence-corrected chi connectivity index (χ4v) is 4.23. The number of anilines is 2. The lowest BCUT2D eigenvalue weighted by Gasteiger charge is -2.16. The first-order valence-electron chi connectivity index (χ1n) is 10.6. The number of hydrogen-bond donors (Lipinski definition) is 3. The van der Waals surface area contributed by atoms with Gasteiger partial charge in [0, 0.05) is 18.5 Å². The summed E-state index contributed by atoms with van der Waals surface area (Å²) in [5.41, 5.74) is -0.593. The van der Waals surface area contributed by atoms with E-state index in [1.807, 2.05) is 0 Å². The molecule has 3 N–H and O–H groups in total. The number of unbranched alkanes of at least 4 members (excludes halogenated alkanes) is 1. The third-order valence-corrected chi connectivity index (χ3v) is 6.22. The van der Waals surface area contributed by atoms with Gasteiger partial charge in [0.1, 0.15) is 11.6 Å². The number of nitrogens with zero attached hydrogens (tertiary/aromatic N) is 2. The van der Waals surface area contributed by atoms with Crippen LogP contribution in [0.1, 0.15) is 30.4 Å². The number of alkyl halides is 3. The molecule has 0 aliphatic carbocycles. The Morgan fingerprint density at radius 3 is 2.40 bits per heavy atom. The highest BCUT2D eigenvalue weighted by molar-refractivity contribution is 7.92. The first-order chi connectivity index (χ1) is 16.5. The van der Waals surface area contributed by atoms with Crippen molar-refractivity contribution < 1.29 is 31.5 Å². The van der Waals surface area contributed by atoms with Crippen LogP contribution < -0.4 is 10.0 Å². The lowest BCUT2D eigenvalue weighted by Crippen LogP contribution is -2.17.